The molecule has 110 valence electrons. The summed E-state index contributed by atoms with van der Waals surface area (Å²) in [6.45, 7) is 1.42. The third-order valence-corrected chi connectivity index (χ3v) is 5.11. The lowest BCUT2D eigenvalue weighted by atomic mass is 10.2. The highest BCUT2D eigenvalue weighted by Gasteiger charge is 2.32. The number of likely N-dealkylation sites (tertiary alicyclic amines) is 1. The van der Waals surface area contributed by atoms with E-state index in [1.54, 1.807) is 28.2 Å². The van der Waals surface area contributed by atoms with Crippen LogP contribution in [0.3, 0.4) is 0 Å². The van der Waals surface area contributed by atoms with E-state index in [0.29, 0.717) is 19.5 Å². The Labute approximate surface area is 130 Å². The highest BCUT2D eigenvalue weighted by molar-refractivity contribution is 9.10. The van der Waals surface area contributed by atoms with Crippen LogP contribution >= 0.6 is 27.3 Å². The van der Waals surface area contributed by atoms with Crippen LogP contribution in [0.4, 0.5) is 0 Å². The first-order valence-electron chi connectivity index (χ1n) is 6.41. The van der Waals surface area contributed by atoms with E-state index in [-0.39, 0.29) is 12.5 Å². The number of hydrogen-bond acceptors (Lipinski definition) is 4. The molecule has 0 aromatic carbocycles. The molecule has 2 rings (SSSR count). The first-order chi connectivity index (χ1) is 9.47. The fourth-order valence-corrected chi connectivity index (χ4v) is 3.85. The van der Waals surface area contributed by atoms with Crippen LogP contribution in [0.5, 0.6) is 0 Å². The van der Waals surface area contributed by atoms with Crippen LogP contribution in [0.1, 0.15) is 17.7 Å². The quantitative estimate of drug-likeness (QED) is 0.872. The zero-order valence-electron chi connectivity index (χ0n) is 11.2. The van der Waals surface area contributed by atoms with Crippen molar-refractivity contribution >= 4 is 39.1 Å². The largest absolute Gasteiger partial charge is 0.480 e. The monoisotopic (exact) mass is 360 g/mol. The van der Waals surface area contributed by atoms with Crippen LogP contribution < -0.4 is 0 Å². The topological polar surface area (TPSA) is 60.9 Å². The lowest BCUT2D eigenvalue weighted by Crippen LogP contribution is -2.43. The van der Waals surface area contributed by atoms with E-state index in [0.717, 1.165) is 15.8 Å². The minimum Gasteiger partial charge on any atom is -0.480 e. The molecule has 1 atom stereocenters. The summed E-state index contributed by atoms with van der Waals surface area (Å²) in [6.07, 6.45) is 1.47. The minimum atomic E-state index is -0.833. The number of amides is 1. The first-order valence-corrected chi connectivity index (χ1v) is 8.08. The smallest absolute Gasteiger partial charge is 0.320 e. The Morgan fingerprint density at radius 3 is 2.95 bits per heavy atom. The number of halogens is 1. The number of thiophene rings is 1. The van der Waals surface area contributed by atoms with E-state index >= 15 is 0 Å². The number of hydrogen-bond donors (Lipinski definition) is 1. The van der Waals surface area contributed by atoms with Crippen molar-refractivity contribution in [1.82, 2.24) is 9.80 Å². The van der Waals surface area contributed by atoms with Gasteiger partial charge in [-0.1, -0.05) is 0 Å². The predicted octanol–water partition coefficient (Wildman–Crippen LogP) is 2.02. The van der Waals surface area contributed by atoms with E-state index in [1.807, 2.05) is 11.4 Å². The van der Waals surface area contributed by atoms with Crippen molar-refractivity contribution in [3.63, 3.8) is 0 Å². The number of carbonyl (C=O) groups excluding carboxylic acids is 1. The molecule has 0 radical (unpaired) electrons. The number of carboxylic acid groups (broad SMARTS) is 1. The molecule has 1 aromatic rings. The van der Waals surface area contributed by atoms with E-state index in [2.05, 4.69) is 15.9 Å². The molecular formula is C13H17BrN2O3S. The second-order valence-corrected chi connectivity index (χ2v) is 6.86. The van der Waals surface area contributed by atoms with Gasteiger partial charge in [0.15, 0.2) is 0 Å². The molecule has 7 heteroatoms. The van der Waals surface area contributed by atoms with Gasteiger partial charge in [0.2, 0.25) is 5.91 Å². The van der Waals surface area contributed by atoms with Crippen molar-refractivity contribution in [3.8, 4) is 0 Å². The molecule has 5 nitrogen and oxygen atoms in total. The summed E-state index contributed by atoms with van der Waals surface area (Å²) in [6, 6.07) is 1.48. The summed E-state index contributed by atoms with van der Waals surface area (Å²) in [5.41, 5.74) is 0. The molecule has 0 spiro atoms. The molecule has 2 heterocycles. The Balaban J connectivity index is 1.89. The molecule has 20 heavy (non-hydrogen) atoms. The lowest BCUT2D eigenvalue weighted by Gasteiger charge is -2.24. The lowest BCUT2D eigenvalue weighted by molar-refractivity contribution is -0.143. The van der Waals surface area contributed by atoms with E-state index in [9.17, 15) is 9.59 Å². The highest BCUT2D eigenvalue weighted by atomic mass is 79.9. The van der Waals surface area contributed by atoms with Crippen LogP contribution in [0, 0.1) is 0 Å². The van der Waals surface area contributed by atoms with Crippen LogP contribution in [-0.4, -0.2) is 53.0 Å². The first kappa shape index (κ1) is 15.5. The average molecular weight is 361 g/mol. The van der Waals surface area contributed by atoms with Gasteiger partial charge in [-0.3, -0.25) is 14.5 Å². The Bertz CT molecular complexity index is 506. The van der Waals surface area contributed by atoms with Crippen molar-refractivity contribution in [3.05, 3.63) is 20.8 Å². The maximum atomic E-state index is 12.2. The Hall–Kier alpha value is -0.920. The van der Waals surface area contributed by atoms with Gasteiger partial charge in [0.25, 0.3) is 0 Å². The normalized spacial score (nSPS) is 19.2. The van der Waals surface area contributed by atoms with Gasteiger partial charge in [-0.25, -0.2) is 0 Å². The number of likely N-dealkylation sites (N-methyl/N-ethyl adjacent to an activating group) is 1. The molecule has 0 bridgehead atoms. The maximum absolute atomic E-state index is 12.2. The number of aliphatic carboxylic acids is 1. The van der Waals surface area contributed by atoms with Gasteiger partial charge in [-0.05, 0) is 41.4 Å². The zero-order chi connectivity index (χ0) is 14.7. The van der Waals surface area contributed by atoms with E-state index < -0.39 is 12.0 Å². The molecule has 0 unspecified atom stereocenters. The standard InChI is InChI=1S/C13H17BrN2O3S/c1-15(6-10-5-9(14)8-20-10)12(17)7-16-4-2-3-11(16)13(18)19/h5,8,11H,2-4,6-7H2,1H3,(H,18,19)/t11-/m1/s1. The molecule has 1 amide bonds. The summed E-state index contributed by atoms with van der Waals surface area (Å²) >= 11 is 4.98. The summed E-state index contributed by atoms with van der Waals surface area (Å²) in [5, 5.41) is 11.1. The molecule has 1 aliphatic rings. The SMILES string of the molecule is CN(Cc1cc(Br)cs1)C(=O)CN1CCC[C@@H]1C(=O)O. The average Bonchev–Trinajstić information content (AvgIpc) is 2.98. The third kappa shape index (κ3) is 3.80. The van der Waals surface area contributed by atoms with Gasteiger partial charge in [0, 0.05) is 21.8 Å². The fourth-order valence-electron chi connectivity index (χ4n) is 2.35. The molecule has 1 aromatic heterocycles. The molecule has 1 saturated heterocycles. The molecule has 1 aliphatic heterocycles. The second-order valence-electron chi connectivity index (χ2n) is 4.95. The summed E-state index contributed by atoms with van der Waals surface area (Å²) < 4.78 is 1.02. The van der Waals surface area contributed by atoms with Gasteiger partial charge in [-0.15, -0.1) is 11.3 Å². The highest BCUT2D eigenvalue weighted by Crippen LogP contribution is 2.21. The van der Waals surface area contributed by atoms with E-state index in [4.69, 9.17) is 5.11 Å². The Morgan fingerprint density at radius 1 is 1.60 bits per heavy atom. The van der Waals surface area contributed by atoms with Gasteiger partial charge in [0.1, 0.15) is 6.04 Å². The Morgan fingerprint density at radius 2 is 2.35 bits per heavy atom. The number of carbonyl (C=O) groups is 2. The van der Waals surface area contributed by atoms with Crippen LogP contribution in [-0.2, 0) is 16.1 Å². The summed E-state index contributed by atoms with van der Waals surface area (Å²) in [5.74, 6) is -0.872. The predicted molar refractivity (Wildman–Crippen MR) is 80.7 cm³/mol. The molecule has 1 N–H and O–H groups in total. The van der Waals surface area contributed by atoms with Crippen molar-refractivity contribution in [1.29, 1.82) is 0 Å². The van der Waals surface area contributed by atoms with Gasteiger partial charge >= 0.3 is 5.97 Å². The van der Waals surface area contributed by atoms with Crippen LogP contribution in [0.15, 0.2) is 15.9 Å². The second kappa shape index (κ2) is 6.69. The third-order valence-electron chi connectivity index (χ3n) is 3.43. The van der Waals surface area contributed by atoms with Gasteiger partial charge in [0.05, 0.1) is 13.1 Å². The van der Waals surface area contributed by atoms with Crippen LogP contribution in [0.2, 0.25) is 0 Å². The van der Waals surface area contributed by atoms with Gasteiger partial charge < -0.3 is 10.0 Å². The van der Waals surface area contributed by atoms with Crippen molar-refractivity contribution in [2.45, 2.75) is 25.4 Å². The zero-order valence-corrected chi connectivity index (χ0v) is 13.6. The van der Waals surface area contributed by atoms with Crippen LogP contribution in [0.25, 0.3) is 0 Å². The molecule has 0 aliphatic carbocycles. The van der Waals surface area contributed by atoms with E-state index in [1.165, 1.54) is 0 Å². The summed E-state index contributed by atoms with van der Waals surface area (Å²) in [7, 11) is 1.75. The van der Waals surface area contributed by atoms with Crippen molar-refractivity contribution in [2.24, 2.45) is 0 Å². The summed E-state index contributed by atoms with van der Waals surface area (Å²) in [4.78, 5) is 27.8. The molecule has 0 saturated carbocycles. The number of nitrogens with zero attached hydrogens (tertiary/aromatic N) is 2. The number of rotatable bonds is 5. The number of carboxylic acids is 1. The Kier molecular flexibility index (Phi) is 5.17. The maximum Gasteiger partial charge on any atom is 0.320 e. The van der Waals surface area contributed by atoms with Crippen molar-refractivity contribution < 1.29 is 14.7 Å². The molecule has 1 fully saturated rings. The fraction of sp³-hybridized carbons (Fsp3) is 0.538. The van der Waals surface area contributed by atoms with Gasteiger partial charge in [-0.2, -0.15) is 0 Å². The molecular weight excluding hydrogens is 344 g/mol. The minimum absolute atomic E-state index is 0.0392. The van der Waals surface area contributed by atoms with Crippen molar-refractivity contribution in [2.75, 3.05) is 20.1 Å².